The van der Waals surface area contributed by atoms with Crippen molar-refractivity contribution in [3.63, 3.8) is 0 Å². The van der Waals surface area contributed by atoms with Crippen molar-refractivity contribution < 1.29 is 9.47 Å². The highest BCUT2D eigenvalue weighted by Gasteiger charge is 2.14. The molecule has 16 heavy (non-hydrogen) atoms. The number of rotatable bonds is 1. The van der Waals surface area contributed by atoms with Crippen molar-refractivity contribution in [2.75, 3.05) is 0 Å². The van der Waals surface area contributed by atoms with E-state index in [2.05, 4.69) is 0 Å². The van der Waals surface area contributed by atoms with E-state index in [9.17, 15) is 0 Å². The van der Waals surface area contributed by atoms with E-state index in [1.165, 1.54) is 0 Å². The van der Waals surface area contributed by atoms with Crippen molar-refractivity contribution in [2.45, 2.75) is 0 Å². The predicted octanol–water partition coefficient (Wildman–Crippen LogP) is 3.46. The van der Waals surface area contributed by atoms with Crippen LogP contribution < -0.4 is 9.47 Å². The van der Waals surface area contributed by atoms with Crippen LogP contribution >= 0.6 is 0 Å². The van der Waals surface area contributed by atoms with Gasteiger partial charge in [0, 0.05) is 5.56 Å². The molecular formula is C14H10O2. The van der Waals surface area contributed by atoms with Gasteiger partial charge < -0.3 is 9.47 Å². The Morgan fingerprint density at radius 3 is 2.19 bits per heavy atom. The van der Waals surface area contributed by atoms with Gasteiger partial charge >= 0.3 is 0 Å². The zero-order valence-corrected chi connectivity index (χ0v) is 8.59. The molecule has 78 valence electrons. The lowest BCUT2D eigenvalue weighted by Crippen LogP contribution is -2.03. The second-order valence-corrected chi connectivity index (χ2v) is 3.51. The van der Waals surface area contributed by atoms with Crippen LogP contribution in [-0.4, -0.2) is 0 Å². The van der Waals surface area contributed by atoms with E-state index in [0.29, 0.717) is 0 Å². The van der Waals surface area contributed by atoms with E-state index in [0.717, 1.165) is 22.8 Å². The summed E-state index contributed by atoms with van der Waals surface area (Å²) >= 11 is 0. The summed E-state index contributed by atoms with van der Waals surface area (Å²) in [6.45, 7) is 0. The number of fused-ring (bicyclic) bond motifs is 1. The Labute approximate surface area is 93.8 Å². The standard InChI is InChI=1S/C14H10O2/c1-2-6-11(7-3-1)14-10-15-12-8-4-5-9-13(12)16-14/h1-10H. The molecule has 0 unspecified atom stereocenters. The third kappa shape index (κ3) is 1.54. The van der Waals surface area contributed by atoms with Gasteiger partial charge in [0.2, 0.25) is 0 Å². The first kappa shape index (κ1) is 9.04. The summed E-state index contributed by atoms with van der Waals surface area (Å²) in [5.74, 6) is 2.24. The Morgan fingerprint density at radius 2 is 1.38 bits per heavy atom. The van der Waals surface area contributed by atoms with Crippen LogP contribution in [0.25, 0.3) is 5.76 Å². The fourth-order valence-electron chi connectivity index (χ4n) is 1.62. The lowest BCUT2D eigenvalue weighted by atomic mass is 10.2. The lowest BCUT2D eigenvalue weighted by molar-refractivity contribution is 0.383. The van der Waals surface area contributed by atoms with E-state index in [-0.39, 0.29) is 0 Å². The van der Waals surface area contributed by atoms with Crippen molar-refractivity contribution in [2.24, 2.45) is 0 Å². The van der Waals surface area contributed by atoms with Gasteiger partial charge in [-0.05, 0) is 12.1 Å². The number of benzene rings is 2. The van der Waals surface area contributed by atoms with Crippen molar-refractivity contribution >= 4 is 5.76 Å². The minimum atomic E-state index is 0.735. The molecule has 0 saturated carbocycles. The van der Waals surface area contributed by atoms with Gasteiger partial charge in [0.05, 0.1) is 0 Å². The minimum absolute atomic E-state index is 0.735. The molecule has 0 fully saturated rings. The second kappa shape index (κ2) is 3.74. The minimum Gasteiger partial charge on any atom is -0.457 e. The molecule has 0 saturated heterocycles. The molecule has 0 aliphatic carbocycles. The Balaban J connectivity index is 1.95. The Morgan fingerprint density at radius 1 is 0.688 bits per heavy atom. The summed E-state index contributed by atoms with van der Waals surface area (Å²) < 4.78 is 11.3. The summed E-state index contributed by atoms with van der Waals surface area (Å²) in [6, 6.07) is 17.5. The number of ether oxygens (including phenoxy) is 2. The van der Waals surface area contributed by atoms with E-state index < -0.39 is 0 Å². The van der Waals surface area contributed by atoms with E-state index >= 15 is 0 Å². The number of para-hydroxylation sites is 2. The molecule has 1 aliphatic rings. The largest absolute Gasteiger partial charge is 0.457 e. The van der Waals surface area contributed by atoms with Gasteiger partial charge in [0.1, 0.15) is 6.26 Å². The van der Waals surface area contributed by atoms with Gasteiger partial charge in [-0.2, -0.15) is 0 Å². The molecule has 2 nitrogen and oxygen atoms in total. The van der Waals surface area contributed by atoms with Gasteiger partial charge in [-0.3, -0.25) is 0 Å². The van der Waals surface area contributed by atoms with Crippen LogP contribution in [0.3, 0.4) is 0 Å². The maximum absolute atomic E-state index is 5.75. The maximum Gasteiger partial charge on any atom is 0.170 e. The smallest absolute Gasteiger partial charge is 0.170 e. The van der Waals surface area contributed by atoms with Crippen LogP contribution in [0.4, 0.5) is 0 Å². The average molecular weight is 210 g/mol. The first-order chi connectivity index (χ1) is 7.93. The molecule has 1 heterocycles. The van der Waals surface area contributed by atoms with E-state index in [1.54, 1.807) is 6.26 Å². The van der Waals surface area contributed by atoms with Gasteiger partial charge in [-0.1, -0.05) is 42.5 Å². The van der Waals surface area contributed by atoms with Crippen molar-refractivity contribution in [1.82, 2.24) is 0 Å². The molecule has 0 atom stereocenters. The Hall–Kier alpha value is -2.22. The third-order valence-electron chi connectivity index (χ3n) is 2.42. The van der Waals surface area contributed by atoms with Crippen LogP contribution in [0.2, 0.25) is 0 Å². The molecule has 2 aromatic rings. The quantitative estimate of drug-likeness (QED) is 0.717. The third-order valence-corrected chi connectivity index (χ3v) is 2.42. The molecule has 0 radical (unpaired) electrons. The number of hydrogen-bond acceptors (Lipinski definition) is 2. The molecule has 0 N–H and O–H groups in total. The van der Waals surface area contributed by atoms with Crippen LogP contribution in [0.15, 0.2) is 60.9 Å². The molecular weight excluding hydrogens is 200 g/mol. The Kier molecular flexibility index (Phi) is 2.11. The normalized spacial score (nSPS) is 13.1. The van der Waals surface area contributed by atoms with E-state index in [4.69, 9.17) is 9.47 Å². The van der Waals surface area contributed by atoms with Gasteiger partial charge in [-0.25, -0.2) is 0 Å². The van der Waals surface area contributed by atoms with Crippen LogP contribution in [0.1, 0.15) is 5.56 Å². The summed E-state index contributed by atoms with van der Waals surface area (Å²) in [6.07, 6.45) is 1.64. The maximum atomic E-state index is 5.75. The monoisotopic (exact) mass is 210 g/mol. The summed E-state index contributed by atoms with van der Waals surface area (Å²) in [4.78, 5) is 0. The highest BCUT2D eigenvalue weighted by atomic mass is 16.6. The van der Waals surface area contributed by atoms with Gasteiger partial charge in [0.15, 0.2) is 17.3 Å². The van der Waals surface area contributed by atoms with Gasteiger partial charge in [0.25, 0.3) is 0 Å². The van der Waals surface area contributed by atoms with Crippen molar-refractivity contribution in [1.29, 1.82) is 0 Å². The van der Waals surface area contributed by atoms with Crippen molar-refractivity contribution in [3.05, 3.63) is 66.4 Å². The zero-order chi connectivity index (χ0) is 10.8. The molecule has 1 aliphatic heterocycles. The van der Waals surface area contributed by atoms with Crippen LogP contribution in [0, 0.1) is 0 Å². The molecule has 2 aromatic carbocycles. The van der Waals surface area contributed by atoms with Gasteiger partial charge in [-0.15, -0.1) is 0 Å². The van der Waals surface area contributed by atoms with Crippen molar-refractivity contribution in [3.8, 4) is 11.5 Å². The van der Waals surface area contributed by atoms with E-state index in [1.807, 2.05) is 54.6 Å². The highest BCUT2D eigenvalue weighted by molar-refractivity contribution is 5.64. The molecule has 0 amide bonds. The molecule has 2 heteroatoms. The Bertz CT molecular complexity index is 529. The molecule has 0 spiro atoms. The fraction of sp³-hybridized carbons (Fsp3) is 0. The summed E-state index contributed by atoms with van der Waals surface area (Å²) in [5, 5.41) is 0. The first-order valence-electron chi connectivity index (χ1n) is 5.12. The SMILES string of the molecule is C1=C(c2ccccc2)Oc2ccccc2O1. The number of hydrogen-bond donors (Lipinski definition) is 0. The van der Waals surface area contributed by atoms with Crippen LogP contribution in [-0.2, 0) is 0 Å². The second-order valence-electron chi connectivity index (χ2n) is 3.51. The topological polar surface area (TPSA) is 18.5 Å². The lowest BCUT2D eigenvalue weighted by Gasteiger charge is -2.17. The van der Waals surface area contributed by atoms with Crippen LogP contribution in [0.5, 0.6) is 11.5 Å². The average Bonchev–Trinajstić information content (AvgIpc) is 2.39. The fourth-order valence-corrected chi connectivity index (χ4v) is 1.62. The molecule has 0 aromatic heterocycles. The zero-order valence-electron chi connectivity index (χ0n) is 8.59. The first-order valence-corrected chi connectivity index (χ1v) is 5.12. The summed E-state index contributed by atoms with van der Waals surface area (Å²) in [7, 11) is 0. The highest BCUT2D eigenvalue weighted by Crippen LogP contribution is 2.34. The predicted molar refractivity (Wildman–Crippen MR) is 62.1 cm³/mol. The molecule has 3 rings (SSSR count). The molecule has 0 bridgehead atoms. The summed E-state index contributed by atoms with van der Waals surface area (Å²) in [5.41, 5.74) is 1.01.